The van der Waals surface area contributed by atoms with Crippen LogP contribution < -0.4 is 10.5 Å². The number of H-pyrrole nitrogens is 1. The van der Waals surface area contributed by atoms with Gasteiger partial charge in [0.05, 0.1) is 16.3 Å². The normalized spacial score (nSPS) is 11.0. The molecule has 0 amide bonds. The molecule has 0 fully saturated rings. The van der Waals surface area contributed by atoms with Gasteiger partial charge in [0.25, 0.3) is 0 Å². The number of aryl methyl sites for hydroxylation is 2. The highest BCUT2D eigenvalue weighted by Crippen LogP contribution is 2.42. The maximum Gasteiger partial charge on any atom is 0.210 e. The summed E-state index contributed by atoms with van der Waals surface area (Å²) >= 11 is 1.46. The summed E-state index contributed by atoms with van der Waals surface area (Å²) in [5.74, 6) is 1.65. The molecule has 0 aliphatic rings. The summed E-state index contributed by atoms with van der Waals surface area (Å²) in [6.07, 6.45) is 2.20. The lowest BCUT2D eigenvalue weighted by molar-refractivity contribution is 0.498. The number of aromatic nitrogens is 7. The van der Waals surface area contributed by atoms with Gasteiger partial charge >= 0.3 is 0 Å². The highest BCUT2D eigenvalue weighted by atomic mass is 32.1. The predicted octanol–water partition coefficient (Wildman–Crippen LogP) is 4.36. The highest BCUT2D eigenvalue weighted by molar-refractivity contribution is 7.13. The molecule has 0 saturated carbocycles. The Labute approximate surface area is 193 Å². The second-order valence-electron chi connectivity index (χ2n) is 7.43. The van der Waals surface area contributed by atoms with Crippen molar-refractivity contribution in [2.75, 3.05) is 5.73 Å². The quantitative estimate of drug-likeness (QED) is 0.386. The Morgan fingerprint density at radius 2 is 1.94 bits per heavy atom. The first-order valence-electron chi connectivity index (χ1n) is 10.2. The molecule has 5 rings (SSSR count). The number of thiazole rings is 1. The number of nitrogens with one attached hydrogen (secondary N) is 1. The van der Waals surface area contributed by atoms with Crippen LogP contribution in [0.2, 0.25) is 0 Å². The van der Waals surface area contributed by atoms with Gasteiger partial charge in [-0.05, 0) is 53.6 Å². The molecule has 0 radical (unpaired) electrons. The van der Waals surface area contributed by atoms with E-state index in [4.69, 9.17) is 10.5 Å². The van der Waals surface area contributed by atoms with Gasteiger partial charge in [0.2, 0.25) is 5.06 Å². The van der Waals surface area contributed by atoms with E-state index in [0.717, 1.165) is 27.5 Å². The van der Waals surface area contributed by atoms with Gasteiger partial charge in [0.1, 0.15) is 17.3 Å². The fraction of sp³-hybridized carbons (Fsp3) is 0.130. The molecule has 3 N–H and O–H groups in total. The van der Waals surface area contributed by atoms with E-state index in [9.17, 15) is 0 Å². The van der Waals surface area contributed by atoms with E-state index >= 15 is 0 Å². The van der Waals surface area contributed by atoms with Crippen LogP contribution in [-0.2, 0) is 6.42 Å². The second-order valence-corrected chi connectivity index (χ2v) is 8.60. The van der Waals surface area contributed by atoms with Crippen molar-refractivity contribution in [3.63, 3.8) is 0 Å². The zero-order valence-corrected chi connectivity index (χ0v) is 18.8. The number of aromatic amines is 1. The van der Waals surface area contributed by atoms with Crippen molar-refractivity contribution in [2.24, 2.45) is 0 Å². The Hall–Kier alpha value is -4.18. The van der Waals surface area contributed by atoms with E-state index in [-0.39, 0.29) is 0 Å². The third-order valence-corrected chi connectivity index (χ3v) is 5.80. The molecule has 0 spiro atoms. The third-order valence-electron chi connectivity index (χ3n) is 4.96. The van der Waals surface area contributed by atoms with Crippen LogP contribution in [0.3, 0.4) is 0 Å². The van der Waals surface area contributed by atoms with E-state index in [1.54, 1.807) is 12.3 Å². The molecule has 0 aliphatic carbocycles. The van der Waals surface area contributed by atoms with Gasteiger partial charge in [-0.15, -0.1) is 5.10 Å². The maximum atomic E-state index is 6.39. The standard InChI is InChI=1S/C23H20N8OS/c1-13-5-3-8-17(26-13)21-23(33-14(2)27-21)32-18-9-10-25-22(24)20(18)16-7-4-6-15(11-16)12-19-28-30-31-29-19/h3-11H,12H2,1-2H3,(H2,24,25)(H,28,29,30,31). The average molecular weight is 457 g/mol. The van der Waals surface area contributed by atoms with E-state index < -0.39 is 0 Å². The minimum Gasteiger partial charge on any atom is -0.443 e. The fourth-order valence-corrected chi connectivity index (χ4v) is 4.32. The van der Waals surface area contributed by atoms with Gasteiger partial charge in [-0.3, -0.25) is 4.98 Å². The number of ether oxygens (including phenoxy) is 1. The second kappa shape index (κ2) is 8.75. The van der Waals surface area contributed by atoms with Gasteiger partial charge in [-0.1, -0.05) is 41.7 Å². The van der Waals surface area contributed by atoms with E-state index in [2.05, 4.69) is 35.6 Å². The maximum absolute atomic E-state index is 6.39. The number of hydrogen-bond acceptors (Lipinski definition) is 9. The van der Waals surface area contributed by atoms with E-state index in [0.29, 0.717) is 40.1 Å². The van der Waals surface area contributed by atoms with Crippen molar-refractivity contribution >= 4 is 17.2 Å². The van der Waals surface area contributed by atoms with E-state index in [1.807, 2.05) is 56.3 Å². The Morgan fingerprint density at radius 1 is 1.06 bits per heavy atom. The molecule has 9 nitrogen and oxygen atoms in total. The van der Waals surface area contributed by atoms with Crippen molar-refractivity contribution in [1.29, 1.82) is 0 Å². The number of pyridine rings is 2. The van der Waals surface area contributed by atoms with Gasteiger partial charge in [-0.25, -0.2) is 15.1 Å². The van der Waals surface area contributed by atoms with Gasteiger partial charge < -0.3 is 10.5 Å². The van der Waals surface area contributed by atoms with Crippen LogP contribution in [0.25, 0.3) is 22.5 Å². The molecule has 1 aromatic carbocycles. The zero-order valence-electron chi connectivity index (χ0n) is 18.0. The minimum atomic E-state index is 0.377. The number of nitrogen functional groups attached to an aromatic ring is 1. The molecule has 5 aromatic rings. The van der Waals surface area contributed by atoms with Gasteiger partial charge in [0.15, 0.2) is 5.82 Å². The van der Waals surface area contributed by atoms with Crippen LogP contribution in [0.1, 0.15) is 22.1 Å². The lowest BCUT2D eigenvalue weighted by Crippen LogP contribution is -1.98. The molecule has 10 heteroatoms. The van der Waals surface area contributed by atoms with Crippen molar-refractivity contribution < 1.29 is 4.74 Å². The molecule has 0 aliphatic heterocycles. The monoisotopic (exact) mass is 456 g/mol. The van der Waals surface area contributed by atoms with Crippen molar-refractivity contribution in [3.8, 4) is 33.3 Å². The van der Waals surface area contributed by atoms with Crippen LogP contribution in [0, 0.1) is 13.8 Å². The van der Waals surface area contributed by atoms with Crippen LogP contribution >= 0.6 is 11.3 Å². The number of hydrogen-bond donors (Lipinski definition) is 2. The topological polar surface area (TPSA) is 128 Å². The van der Waals surface area contributed by atoms with Crippen LogP contribution in [0.15, 0.2) is 54.7 Å². The summed E-state index contributed by atoms with van der Waals surface area (Å²) in [5, 5.41) is 15.6. The summed E-state index contributed by atoms with van der Waals surface area (Å²) in [6.45, 7) is 3.90. The molecular weight excluding hydrogens is 436 g/mol. The molecular formula is C23H20N8OS. The molecule has 164 valence electrons. The van der Waals surface area contributed by atoms with Crippen LogP contribution in [0.5, 0.6) is 10.8 Å². The summed E-state index contributed by atoms with van der Waals surface area (Å²) < 4.78 is 6.39. The SMILES string of the molecule is Cc1cccc(-c2nc(C)sc2Oc2ccnc(N)c2-c2cccc(Cc3nnn[nH]3)c2)n1. The first kappa shape index (κ1) is 20.7. The number of benzene rings is 1. The third kappa shape index (κ3) is 4.41. The summed E-state index contributed by atoms with van der Waals surface area (Å²) in [5.41, 5.74) is 11.3. The summed E-state index contributed by atoms with van der Waals surface area (Å²) in [6, 6.07) is 15.6. The number of rotatable bonds is 6. The summed E-state index contributed by atoms with van der Waals surface area (Å²) in [4.78, 5) is 13.6. The van der Waals surface area contributed by atoms with Crippen LogP contribution in [0.4, 0.5) is 5.82 Å². The zero-order chi connectivity index (χ0) is 22.8. The Bertz CT molecular complexity index is 1410. The first-order valence-corrected chi connectivity index (χ1v) is 11.0. The predicted molar refractivity (Wildman–Crippen MR) is 126 cm³/mol. The van der Waals surface area contributed by atoms with Crippen molar-refractivity contribution in [1.82, 2.24) is 35.6 Å². The number of tetrazole rings is 1. The Morgan fingerprint density at radius 3 is 2.76 bits per heavy atom. The number of anilines is 1. The number of nitrogens with two attached hydrogens (primary N) is 1. The van der Waals surface area contributed by atoms with Crippen LogP contribution in [-0.4, -0.2) is 35.6 Å². The molecule has 0 unspecified atom stereocenters. The summed E-state index contributed by atoms with van der Waals surface area (Å²) in [7, 11) is 0. The number of nitrogens with zero attached hydrogens (tertiary/aromatic N) is 6. The molecule has 0 bridgehead atoms. The molecule has 4 heterocycles. The highest BCUT2D eigenvalue weighted by Gasteiger charge is 2.19. The first-order chi connectivity index (χ1) is 16.1. The van der Waals surface area contributed by atoms with Crippen molar-refractivity contribution in [2.45, 2.75) is 20.3 Å². The molecule has 4 aromatic heterocycles. The average Bonchev–Trinajstić information content (AvgIpc) is 3.43. The molecule has 0 saturated heterocycles. The molecule has 0 atom stereocenters. The van der Waals surface area contributed by atoms with Gasteiger partial charge in [0, 0.05) is 18.3 Å². The largest absolute Gasteiger partial charge is 0.443 e. The van der Waals surface area contributed by atoms with E-state index in [1.165, 1.54) is 11.3 Å². The Kier molecular flexibility index (Phi) is 5.49. The molecule has 33 heavy (non-hydrogen) atoms. The Balaban J connectivity index is 1.53. The lowest BCUT2D eigenvalue weighted by atomic mass is 10.0. The minimum absolute atomic E-state index is 0.377. The van der Waals surface area contributed by atoms with Gasteiger partial charge in [-0.2, -0.15) is 0 Å². The lowest BCUT2D eigenvalue weighted by Gasteiger charge is -2.13. The smallest absolute Gasteiger partial charge is 0.210 e. The fourth-order valence-electron chi connectivity index (χ4n) is 3.53. The van der Waals surface area contributed by atoms with Crippen molar-refractivity contribution in [3.05, 3.63) is 76.8 Å².